The second-order valence-electron chi connectivity index (χ2n) is 0.976. The van der Waals surface area contributed by atoms with Gasteiger partial charge in [-0.2, -0.15) is 0 Å². The van der Waals surface area contributed by atoms with Crippen LogP contribution in [0.25, 0.3) is 0 Å². The Hall–Kier alpha value is -0.160. The molecule has 0 saturated carbocycles. The van der Waals surface area contributed by atoms with Gasteiger partial charge in [0.1, 0.15) is 0 Å². The van der Waals surface area contributed by atoms with Gasteiger partial charge < -0.3 is 20.8 Å². The highest BCUT2D eigenvalue weighted by molar-refractivity contribution is 4.62. The number of rotatable bonds is 1. The zero-order chi connectivity index (χ0) is 5.21. The first-order chi connectivity index (χ1) is 2.56. The Morgan fingerprint density at radius 3 is 1.43 bits per heavy atom. The third-order valence-electron chi connectivity index (χ3n) is 0.387. The Labute approximate surface area is 41.3 Å². The molecule has 4 nitrogen and oxygen atoms in total. The highest BCUT2D eigenvalue weighted by atomic mass is 16.7. The molecule has 0 aromatic heterocycles. The summed E-state index contributed by atoms with van der Waals surface area (Å²) in [4.78, 5) is 0. The van der Waals surface area contributed by atoms with Crippen molar-refractivity contribution in [2.75, 3.05) is 0 Å². The molecule has 0 aliphatic carbocycles. The van der Waals surface area contributed by atoms with Gasteiger partial charge in [-0.1, -0.05) is 6.92 Å². The average Bonchev–Trinajstić information content (AvgIpc) is 1.35. The van der Waals surface area contributed by atoms with E-state index in [0.717, 1.165) is 6.42 Å². The van der Waals surface area contributed by atoms with Crippen molar-refractivity contribution in [3.8, 4) is 0 Å². The maximum atomic E-state index is 7.88. The monoisotopic (exact) mass is 109 g/mol. The topological polar surface area (TPSA) is 92.2 Å². The van der Waals surface area contributed by atoms with Crippen LogP contribution in [-0.4, -0.2) is 26.8 Å². The quantitative estimate of drug-likeness (QED) is 0.340. The minimum absolute atomic E-state index is 0. The van der Waals surface area contributed by atoms with Crippen LogP contribution in [-0.2, 0) is 0 Å². The molecule has 0 amide bonds. The predicted molar refractivity (Wildman–Crippen MR) is 23.0 cm³/mol. The molecule has 0 bridgehead atoms. The molecule has 0 heterocycles. The van der Waals surface area contributed by atoms with Gasteiger partial charge in [0.05, 0.1) is 0 Å². The van der Waals surface area contributed by atoms with Crippen LogP contribution in [0.5, 0.6) is 0 Å². The van der Waals surface area contributed by atoms with E-state index in [1.807, 2.05) is 0 Å². The van der Waals surface area contributed by atoms with Crippen molar-refractivity contribution in [2.24, 2.45) is 0 Å². The van der Waals surface area contributed by atoms with Gasteiger partial charge in [0.25, 0.3) is 5.97 Å². The lowest BCUT2D eigenvalue weighted by molar-refractivity contribution is -0.285. The Bertz CT molecular complexity index is 36.7. The maximum absolute atomic E-state index is 7.88. The van der Waals surface area contributed by atoms with E-state index < -0.39 is 5.97 Å². The second-order valence-corrected chi connectivity index (χ2v) is 0.976. The molecule has 45 valence electrons. The molecular weight excluding hydrogens is 100 g/mol. The molecule has 0 aliphatic heterocycles. The summed E-state index contributed by atoms with van der Waals surface area (Å²) >= 11 is 0. The summed E-state index contributed by atoms with van der Waals surface area (Å²) < 4.78 is 0. The second kappa shape index (κ2) is 2.92. The van der Waals surface area contributed by atoms with Gasteiger partial charge in [-0.25, -0.2) is 0 Å². The predicted octanol–water partition coefficient (Wildman–Crippen LogP) is -1.98. The largest absolute Gasteiger partial charge is 0.412 e. The van der Waals surface area contributed by atoms with E-state index in [9.17, 15) is 0 Å². The van der Waals surface area contributed by atoms with Crippen LogP contribution < -0.4 is 0 Å². The van der Waals surface area contributed by atoms with Crippen LogP contribution in [0, 0.1) is 6.42 Å². The third kappa shape index (κ3) is 10.7. The Morgan fingerprint density at radius 1 is 1.29 bits per heavy atom. The first kappa shape index (κ1) is 9.96. The van der Waals surface area contributed by atoms with Gasteiger partial charge in [0.2, 0.25) is 0 Å². The van der Waals surface area contributed by atoms with Crippen LogP contribution >= 0.6 is 0 Å². The lowest BCUT2D eigenvalue weighted by Gasteiger charge is -2.07. The van der Waals surface area contributed by atoms with Crippen molar-refractivity contribution < 1.29 is 20.8 Å². The molecule has 0 aromatic rings. The smallest absolute Gasteiger partial charge is 0.278 e. The molecule has 0 fully saturated rings. The van der Waals surface area contributed by atoms with E-state index in [4.69, 9.17) is 15.3 Å². The highest BCUT2D eigenvalue weighted by Gasteiger charge is 2.12. The number of hydrogen-bond acceptors (Lipinski definition) is 3. The first-order valence-electron chi connectivity index (χ1n) is 1.54. The van der Waals surface area contributed by atoms with Gasteiger partial charge in [-0.3, -0.25) is 0 Å². The summed E-state index contributed by atoms with van der Waals surface area (Å²) in [5.74, 6) is -2.58. The molecule has 0 aromatic carbocycles. The first-order valence-corrected chi connectivity index (χ1v) is 1.54. The summed E-state index contributed by atoms with van der Waals surface area (Å²) in [5.41, 5.74) is 0. The SMILES string of the molecule is C[CH]C(O)(O)O.O. The van der Waals surface area contributed by atoms with Crippen LogP contribution in [0.3, 0.4) is 0 Å². The van der Waals surface area contributed by atoms with Crippen molar-refractivity contribution in [2.45, 2.75) is 12.9 Å². The molecule has 4 heteroatoms. The Morgan fingerprint density at radius 2 is 1.43 bits per heavy atom. The standard InChI is InChI=1S/C3H7O3.H2O/c1-2-3(4,5)6;/h2,4-6H,1H3;1H2. The molecule has 0 rings (SSSR count). The van der Waals surface area contributed by atoms with Crippen molar-refractivity contribution in [1.82, 2.24) is 0 Å². The van der Waals surface area contributed by atoms with Crippen LogP contribution in [0.4, 0.5) is 0 Å². The fourth-order valence-corrected chi connectivity index (χ4v) is 0. The summed E-state index contributed by atoms with van der Waals surface area (Å²) in [6.45, 7) is 1.33. The van der Waals surface area contributed by atoms with Gasteiger partial charge in [0.15, 0.2) is 0 Å². The minimum Gasteiger partial charge on any atom is -0.412 e. The Balaban J connectivity index is 0. The fraction of sp³-hybridized carbons (Fsp3) is 0.667. The minimum atomic E-state index is -2.58. The van der Waals surface area contributed by atoms with E-state index >= 15 is 0 Å². The zero-order valence-corrected chi connectivity index (χ0v) is 3.92. The summed E-state index contributed by atoms with van der Waals surface area (Å²) in [6, 6.07) is 0. The lowest BCUT2D eigenvalue weighted by Crippen LogP contribution is -2.25. The summed E-state index contributed by atoms with van der Waals surface area (Å²) in [6.07, 6.45) is 0.854. The van der Waals surface area contributed by atoms with Crippen molar-refractivity contribution in [1.29, 1.82) is 0 Å². The van der Waals surface area contributed by atoms with Crippen molar-refractivity contribution in [3.63, 3.8) is 0 Å². The van der Waals surface area contributed by atoms with Crippen LogP contribution in [0.1, 0.15) is 6.92 Å². The maximum Gasteiger partial charge on any atom is 0.278 e. The van der Waals surface area contributed by atoms with Crippen LogP contribution in [0.15, 0.2) is 0 Å². The molecule has 0 atom stereocenters. The molecular formula is C3H9O4. The molecule has 1 radical (unpaired) electrons. The van der Waals surface area contributed by atoms with E-state index in [2.05, 4.69) is 0 Å². The van der Waals surface area contributed by atoms with Gasteiger partial charge in [-0.15, -0.1) is 0 Å². The summed E-state index contributed by atoms with van der Waals surface area (Å²) in [5, 5.41) is 23.6. The number of hydrogen-bond donors (Lipinski definition) is 3. The van der Waals surface area contributed by atoms with Crippen LogP contribution in [0.2, 0.25) is 0 Å². The van der Waals surface area contributed by atoms with Gasteiger partial charge >= 0.3 is 0 Å². The third-order valence-corrected chi connectivity index (χ3v) is 0.387. The van der Waals surface area contributed by atoms with Crippen molar-refractivity contribution >= 4 is 0 Å². The molecule has 0 aliphatic rings. The van der Waals surface area contributed by atoms with E-state index in [1.165, 1.54) is 6.92 Å². The average molecular weight is 109 g/mol. The molecule has 5 N–H and O–H groups in total. The van der Waals surface area contributed by atoms with Gasteiger partial charge in [0, 0.05) is 6.42 Å². The van der Waals surface area contributed by atoms with E-state index in [1.54, 1.807) is 0 Å². The van der Waals surface area contributed by atoms with Crippen molar-refractivity contribution in [3.05, 3.63) is 6.42 Å². The normalized spacial score (nSPS) is 10.3. The molecule has 0 spiro atoms. The summed E-state index contributed by atoms with van der Waals surface area (Å²) in [7, 11) is 0. The van der Waals surface area contributed by atoms with E-state index in [0.29, 0.717) is 0 Å². The number of aliphatic hydroxyl groups is 3. The zero-order valence-electron chi connectivity index (χ0n) is 3.92. The van der Waals surface area contributed by atoms with Gasteiger partial charge in [-0.05, 0) is 0 Å². The molecule has 0 saturated heterocycles. The molecule has 7 heavy (non-hydrogen) atoms. The fourth-order valence-electron chi connectivity index (χ4n) is 0. The molecule has 0 unspecified atom stereocenters. The lowest BCUT2D eigenvalue weighted by atomic mass is 10.4. The Kier molecular flexibility index (Phi) is 4.16. The highest BCUT2D eigenvalue weighted by Crippen LogP contribution is 1.93. The van der Waals surface area contributed by atoms with E-state index in [-0.39, 0.29) is 5.48 Å².